The molecule has 148 valence electrons. The van der Waals surface area contributed by atoms with Gasteiger partial charge in [-0.3, -0.25) is 0 Å². The Hall–Kier alpha value is -3.02. The molecule has 28 heavy (non-hydrogen) atoms. The Balaban J connectivity index is 1.69. The van der Waals surface area contributed by atoms with Gasteiger partial charge in [-0.2, -0.15) is 0 Å². The fraction of sp³-hybridized carbons (Fsp3) is 0.364. The number of aromatic nitrogens is 1. The van der Waals surface area contributed by atoms with E-state index in [1.807, 2.05) is 50.2 Å². The number of furan rings is 1. The van der Waals surface area contributed by atoms with Crippen molar-refractivity contribution in [3.8, 4) is 0 Å². The molecule has 1 aromatic carbocycles. The maximum Gasteiger partial charge on any atom is 0.315 e. The second kappa shape index (κ2) is 8.78. The zero-order valence-corrected chi connectivity index (χ0v) is 16.9. The molecule has 0 radical (unpaired) electrons. The molecule has 0 aliphatic carbocycles. The Kier molecular flexibility index (Phi) is 6.19. The van der Waals surface area contributed by atoms with Gasteiger partial charge in [0.1, 0.15) is 17.2 Å². The highest BCUT2D eigenvalue weighted by atomic mass is 16.3. The minimum Gasteiger partial charge on any atom is -0.459 e. The minimum absolute atomic E-state index is 0.186. The largest absolute Gasteiger partial charge is 0.459 e. The fourth-order valence-electron chi connectivity index (χ4n) is 3.26. The lowest BCUT2D eigenvalue weighted by atomic mass is 9.98. The van der Waals surface area contributed by atoms with E-state index in [1.165, 1.54) is 0 Å². The van der Waals surface area contributed by atoms with Crippen molar-refractivity contribution in [2.24, 2.45) is 5.92 Å². The third kappa shape index (κ3) is 4.44. The zero-order chi connectivity index (χ0) is 20.1. The second-order valence-electron chi connectivity index (χ2n) is 7.22. The molecule has 3 aromatic rings. The van der Waals surface area contributed by atoms with E-state index in [-0.39, 0.29) is 18.0 Å². The van der Waals surface area contributed by atoms with Gasteiger partial charge < -0.3 is 20.4 Å². The lowest BCUT2D eigenvalue weighted by molar-refractivity contribution is 0.229. The van der Waals surface area contributed by atoms with Crippen LogP contribution in [-0.4, -0.2) is 17.6 Å². The van der Waals surface area contributed by atoms with E-state index in [2.05, 4.69) is 34.8 Å². The molecule has 2 heterocycles. The SMILES string of the molecule is CCNc1cc(CNC(=O)NC(c2oc3ccccc3c2C)C(C)C)ccn1. The molecule has 1 atom stereocenters. The third-order valence-corrected chi connectivity index (χ3v) is 4.75. The van der Waals surface area contributed by atoms with Crippen molar-refractivity contribution in [1.29, 1.82) is 0 Å². The zero-order valence-electron chi connectivity index (χ0n) is 16.9. The van der Waals surface area contributed by atoms with Crippen molar-refractivity contribution < 1.29 is 9.21 Å². The van der Waals surface area contributed by atoms with Gasteiger partial charge in [-0.1, -0.05) is 32.0 Å². The number of rotatable bonds is 7. The van der Waals surface area contributed by atoms with E-state index >= 15 is 0 Å². The molecule has 3 N–H and O–H groups in total. The molecule has 2 aromatic heterocycles. The summed E-state index contributed by atoms with van der Waals surface area (Å²) >= 11 is 0. The van der Waals surface area contributed by atoms with E-state index in [9.17, 15) is 4.79 Å². The first-order valence-corrected chi connectivity index (χ1v) is 9.70. The molecule has 0 saturated heterocycles. The van der Waals surface area contributed by atoms with Crippen molar-refractivity contribution in [2.75, 3.05) is 11.9 Å². The molecular formula is C22H28N4O2. The topological polar surface area (TPSA) is 79.2 Å². The number of nitrogens with zero attached hydrogens (tertiary/aromatic N) is 1. The summed E-state index contributed by atoms with van der Waals surface area (Å²) < 4.78 is 6.07. The number of pyridine rings is 1. The van der Waals surface area contributed by atoms with Crippen molar-refractivity contribution >= 4 is 22.8 Å². The van der Waals surface area contributed by atoms with Gasteiger partial charge in [0.15, 0.2) is 0 Å². The number of carbonyl (C=O) groups is 1. The summed E-state index contributed by atoms with van der Waals surface area (Å²) in [5.41, 5.74) is 2.90. The molecule has 0 spiro atoms. The van der Waals surface area contributed by atoms with E-state index in [0.29, 0.717) is 6.54 Å². The van der Waals surface area contributed by atoms with Crippen LogP contribution in [0.4, 0.5) is 10.6 Å². The number of nitrogens with one attached hydrogen (secondary N) is 3. The van der Waals surface area contributed by atoms with Crippen LogP contribution in [0.2, 0.25) is 0 Å². The smallest absolute Gasteiger partial charge is 0.315 e. The van der Waals surface area contributed by atoms with Gasteiger partial charge in [-0.05, 0) is 43.5 Å². The molecule has 6 heteroatoms. The van der Waals surface area contributed by atoms with Crippen LogP contribution in [-0.2, 0) is 6.54 Å². The standard InChI is InChI=1S/C22H28N4O2/c1-5-23-19-12-16(10-11-24-19)13-25-22(27)26-20(14(2)3)21-15(4)17-8-6-7-9-18(17)28-21/h6-12,14,20H,5,13H2,1-4H3,(H,23,24)(H2,25,26,27). The van der Waals surface area contributed by atoms with Gasteiger partial charge in [0, 0.05) is 30.2 Å². The van der Waals surface area contributed by atoms with Crippen LogP contribution in [0, 0.1) is 12.8 Å². The maximum atomic E-state index is 12.5. The predicted molar refractivity (Wildman–Crippen MR) is 112 cm³/mol. The van der Waals surface area contributed by atoms with E-state index in [0.717, 1.165) is 40.2 Å². The number of anilines is 1. The van der Waals surface area contributed by atoms with Crippen LogP contribution in [0.3, 0.4) is 0 Å². The normalized spacial score (nSPS) is 12.2. The van der Waals surface area contributed by atoms with Crippen LogP contribution in [0.1, 0.15) is 43.7 Å². The van der Waals surface area contributed by atoms with E-state index < -0.39 is 0 Å². The van der Waals surface area contributed by atoms with Crippen LogP contribution in [0.25, 0.3) is 11.0 Å². The number of urea groups is 1. The molecule has 0 saturated carbocycles. The number of carbonyl (C=O) groups excluding carboxylic acids is 1. The molecule has 2 amide bonds. The Morgan fingerprint density at radius 1 is 1.21 bits per heavy atom. The molecule has 1 unspecified atom stereocenters. The Morgan fingerprint density at radius 3 is 2.71 bits per heavy atom. The maximum absolute atomic E-state index is 12.5. The predicted octanol–water partition coefficient (Wildman–Crippen LogP) is 4.76. The Labute approximate surface area is 165 Å². The average molecular weight is 380 g/mol. The van der Waals surface area contributed by atoms with Crippen LogP contribution < -0.4 is 16.0 Å². The first kappa shape index (κ1) is 19.7. The first-order chi connectivity index (χ1) is 13.5. The second-order valence-corrected chi connectivity index (χ2v) is 7.22. The summed E-state index contributed by atoms with van der Waals surface area (Å²) in [5, 5.41) is 10.3. The number of aryl methyl sites for hydroxylation is 1. The Morgan fingerprint density at radius 2 is 2.00 bits per heavy atom. The first-order valence-electron chi connectivity index (χ1n) is 9.70. The number of hydrogen-bond donors (Lipinski definition) is 3. The summed E-state index contributed by atoms with van der Waals surface area (Å²) in [6, 6.07) is 11.3. The van der Waals surface area contributed by atoms with Gasteiger partial charge in [0.05, 0.1) is 6.04 Å². The summed E-state index contributed by atoms with van der Waals surface area (Å²) in [4.78, 5) is 16.8. The van der Waals surface area contributed by atoms with Gasteiger partial charge in [0.2, 0.25) is 0 Å². The summed E-state index contributed by atoms with van der Waals surface area (Å²) in [6.45, 7) is 9.43. The van der Waals surface area contributed by atoms with Crippen molar-refractivity contribution in [3.63, 3.8) is 0 Å². The van der Waals surface area contributed by atoms with Crippen LogP contribution in [0.5, 0.6) is 0 Å². The van der Waals surface area contributed by atoms with E-state index in [1.54, 1.807) is 6.20 Å². The van der Waals surface area contributed by atoms with Gasteiger partial charge in [-0.15, -0.1) is 0 Å². The molecule has 0 aliphatic rings. The van der Waals surface area contributed by atoms with Crippen LogP contribution >= 0.6 is 0 Å². The Bertz CT molecular complexity index is 949. The van der Waals surface area contributed by atoms with Crippen molar-refractivity contribution in [1.82, 2.24) is 15.6 Å². The lowest BCUT2D eigenvalue weighted by Gasteiger charge is -2.21. The highest BCUT2D eigenvalue weighted by Gasteiger charge is 2.25. The minimum atomic E-state index is -0.222. The van der Waals surface area contributed by atoms with Crippen LogP contribution in [0.15, 0.2) is 47.0 Å². The van der Waals surface area contributed by atoms with Crippen molar-refractivity contribution in [3.05, 3.63) is 59.5 Å². The number of para-hydroxylation sites is 1. The average Bonchev–Trinajstić information content (AvgIpc) is 3.01. The molecule has 6 nitrogen and oxygen atoms in total. The quantitative estimate of drug-likeness (QED) is 0.552. The summed E-state index contributed by atoms with van der Waals surface area (Å²) in [7, 11) is 0. The van der Waals surface area contributed by atoms with E-state index in [4.69, 9.17) is 4.42 Å². The molecule has 0 bridgehead atoms. The number of fused-ring (bicyclic) bond motifs is 1. The number of amides is 2. The monoisotopic (exact) mass is 380 g/mol. The number of benzene rings is 1. The van der Waals surface area contributed by atoms with Crippen molar-refractivity contribution in [2.45, 2.75) is 40.3 Å². The highest BCUT2D eigenvalue weighted by molar-refractivity contribution is 5.82. The third-order valence-electron chi connectivity index (χ3n) is 4.75. The fourth-order valence-corrected chi connectivity index (χ4v) is 3.26. The molecule has 0 fully saturated rings. The number of hydrogen-bond acceptors (Lipinski definition) is 4. The molecule has 0 aliphatic heterocycles. The van der Waals surface area contributed by atoms with Gasteiger partial charge in [0.25, 0.3) is 0 Å². The molecule has 3 rings (SSSR count). The lowest BCUT2D eigenvalue weighted by Crippen LogP contribution is -2.39. The van der Waals surface area contributed by atoms with Gasteiger partial charge in [-0.25, -0.2) is 9.78 Å². The molecular weight excluding hydrogens is 352 g/mol. The van der Waals surface area contributed by atoms with Gasteiger partial charge >= 0.3 is 6.03 Å². The summed E-state index contributed by atoms with van der Waals surface area (Å²) in [5.74, 6) is 1.80. The highest BCUT2D eigenvalue weighted by Crippen LogP contribution is 2.32. The summed E-state index contributed by atoms with van der Waals surface area (Å²) in [6.07, 6.45) is 1.74.